The molecule has 36 heteroatoms. The van der Waals surface area contributed by atoms with Crippen LogP contribution in [0.25, 0.3) is 22.5 Å². The lowest BCUT2D eigenvalue weighted by Gasteiger charge is -2.48. The van der Waals surface area contributed by atoms with Crippen molar-refractivity contribution in [3.8, 4) is 22.5 Å². The zero-order valence-electron chi connectivity index (χ0n) is 57.6. The van der Waals surface area contributed by atoms with Gasteiger partial charge in [0, 0.05) is 49.1 Å². The Morgan fingerprint density at radius 3 is 1.72 bits per heavy atom. The lowest BCUT2D eigenvalue weighted by molar-refractivity contribution is -0.349. The Balaban J connectivity index is 0.775. The number of ether oxygens (including phenoxy) is 8. The van der Waals surface area contributed by atoms with Gasteiger partial charge in [0.1, 0.15) is 84.6 Å². The second-order valence-corrected chi connectivity index (χ2v) is 28.4. The van der Waals surface area contributed by atoms with Crippen LogP contribution < -0.4 is 10.6 Å². The first-order valence-electron chi connectivity index (χ1n) is 35.6. The predicted octanol–water partition coefficient (Wildman–Crippen LogP) is 1.55. The maximum absolute atomic E-state index is 14.6. The number of rotatable bonds is 24. The summed E-state index contributed by atoms with van der Waals surface area (Å²) in [5.74, 6) is -15.0. The van der Waals surface area contributed by atoms with E-state index < -0.39 is 212 Å². The lowest BCUT2D eigenvalue weighted by atomic mass is 9.77. The summed E-state index contributed by atoms with van der Waals surface area (Å²) in [6.45, 7) is 1.86. The number of carbonyl (C=O) groups is 4. The molecule has 2 aromatic heterocycles. The molecular formula is C70H87F6N9O21. The molecule has 11 N–H and O–H groups in total. The fraction of sp³-hybridized carbons (Fsp3) is 0.629. The van der Waals surface area contributed by atoms with E-state index >= 15 is 0 Å². The SMILES string of the molecule is CC1CC(C(=O)NCCNC(=O)C2CC(n3cc(-c4cc(F)c(F)c(F)c4)nn3)C(O)[C@H](O[C@@H]3OC(CO)[C@H](O)C(n4cc(-c5cc(F)c(F)c(F)c5)nn4)C3O)C2)C[C@@H](O[C@@H]2OC(CO)[C@H](O)C(O[C@@H](CC3CCCCC3)C(=O)N3CCC3)C2OC(=O)c2ccccc2)C1O[C@@H]1OC(C)[C@@H](O)C(O)C1O. The van der Waals surface area contributed by atoms with Crippen molar-refractivity contribution in [3.05, 3.63) is 107 Å². The molecule has 30 nitrogen and oxygen atoms in total. The molecule has 4 saturated heterocycles. The molecule has 3 saturated carbocycles. The van der Waals surface area contributed by atoms with Crippen LogP contribution in [0.1, 0.15) is 107 Å². The third-order valence-electron chi connectivity index (χ3n) is 21.3. The topological polar surface area (TPSA) is 413 Å². The molecule has 6 heterocycles. The second kappa shape index (κ2) is 34.1. The fourth-order valence-corrected chi connectivity index (χ4v) is 15.2. The minimum atomic E-state index is -1.97. The molecule has 7 fully saturated rings. The van der Waals surface area contributed by atoms with Crippen molar-refractivity contribution >= 4 is 23.7 Å². The van der Waals surface area contributed by atoms with Crippen LogP contribution in [0.5, 0.6) is 0 Å². The molecule has 4 aliphatic heterocycles. The van der Waals surface area contributed by atoms with Crippen LogP contribution >= 0.6 is 0 Å². The first-order valence-corrected chi connectivity index (χ1v) is 35.6. The number of esters is 1. The van der Waals surface area contributed by atoms with Gasteiger partial charge >= 0.3 is 5.97 Å². The van der Waals surface area contributed by atoms with Gasteiger partial charge in [0.2, 0.25) is 11.8 Å². The molecule has 0 bridgehead atoms. The van der Waals surface area contributed by atoms with E-state index in [4.69, 9.17) is 37.9 Å². The fourth-order valence-electron chi connectivity index (χ4n) is 15.2. The molecule has 12 rings (SSSR count). The summed E-state index contributed by atoms with van der Waals surface area (Å²) in [6.07, 6.45) is -23.1. The van der Waals surface area contributed by atoms with E-state index in [1.807, 2.05) is 0 Å². The number of aromatic nitrogens is 6. The Labute approximate surface area is 602 Å². The van der Waals surface area contributed by atoms with E-state index in [0.29, 0.717) is 37.4 Å². The quantitative estimate of drug-likeness (QED) is 0.0181. The monoisotopic (exact) mass is 1500 g/mol. The number of aliphatic hydroxyl groups excluding tert-OH is 9. The molecule has 0 radical (unpaired) electrons. The second-order valence-electron chi connectivity index (χ2n) is 28.4. The van der Waals surface area contributed by atoms with E-state index in [2.05, 4.69) is 31.3 Å². The normalized spacial score (nSPS) is 34.0. The largest absolute Gasteiger partial charge is 0.450 e. The number of likely N-dealkylation sites (tertiary alicyclic amines) is 1. The number of benzene rings is 3. The van der Waals surface area contributed by atoms with Gasteiger partial charge in [0.05, 0.1) is 61.6 Å². The van der Waals surface area contributed by atoms with Crippen LogP contribution in [-0.2, 0) is 52.3 Å². The van der Waals surface area contributed by atoms with Crippen LogP contribution in [0.3, 0.4) is 0 Å². The summed E-state index contributed by atoms with van der Waals surface area (Å²) in [7, 11) is 0. The molecule has 0 spiro atoms. The maximum atomic E-state index is 14.6. The average molecular weight is 1500 g/mol. The highest BCUT2D eigenvalue weighted by Crippen LogP contribution is 2.43. The zero-order chi connectivity index (χ0) is 75.5. The van der Waals surface area contributed by atoms with Crippen molar-refractivity contribution in [1.82, 2.24) is 45.5 Å². The number of amides is 3. The molecule has 3 aliphatic carbocycles. The van der Waals surface area contributed by atoms with Crippen LogP contribution in [-0.4, -0.2) is 260 Å². The third-order valence-corrected chi connectivity index (χ3v) is 21.3. The molecule has 15 unspecified atom stereocenters. The highest BCUT2D eigenvalue weighted by Gasteiger charge is 2.55. The number of carbonyl (C=O) groups excluding carboxylic acids is 4. The van der Waals surface area contributed by atoms with Gasteiger partial charge in [-0.05, 0) is 93.7 Å². The Kier molecular flexibility index (Phi) is 25.2. The summed E-state index contributed by atoms with van der Waals surface area (Å²) in [5, 5.41) is 123. The van der Waals surface area contributed by atoms with Crippen LogP contribution in [0.2, 0.25) is 0 Å². The van der Waals surface area contributed by atoms with Gasteiger partial charge in [-0.25, -0.2) is 40.5 Å². The zero-order valence-corrected chi connectivity index (χ0v) is 57.6. The highest BCUT2D eigenvalue weighted by molar-refractivity contribution is 5.89. The summed E-state index contributed by atoms with van der Waals surface area (Å²) in [5.41, 5.74) is -0.919. The summed E-state index contributed by atoms with van der Waals surface area (Å²) in [6, 6.07) is 7.50. The summed E-state index contributed by atoms with van der Waals surface area (Å²) in [4.78, 5) is 59.4. The molecule has 24 atom stereocenters. The molecule has 106 heavy (non-hydrogen) atoms. The minimum Gasteiger partial charge on any atom is -0.450 e. The molecule has 5 aromatic rings. The summed E-state index contributed by atoms with van der Waals surface area (Å²) >= 11 is 0. The van der Waals surface area contributed by atoms with Gasteiger partial charge in [0.15, 0.2) is 59.9 Å². The molecular weight excluding hydrogens is 1420 g/mol. The molecule has 7 aliphatic rings. The highest BCUT2D eigenvalue weighted by atomic mass is 19.2. The van der Waals surface area contributed by atoms with Crippen molar-refractivity contribution < 1.29 is 129 Å². The van der Waals surface area contributed by atoms with Crippen LogP contribution in [0.15, 0.2) is 67.0 Å². The number of halogens is 6. The Hall–Kier alpha value is -7.24. The van der Waals surface area contributed by atoms with Gasteiger partial charge in [-0.2, -0.15) is 0 Å². The van der Waals surface area contributed by atoms with Gasteiger partial charge in [-0.1, -0.05) is 67.7 Å². The van der Waals surface area contributed by atoms with Gasteiger partial charge in [-0.3, -0.25) is 14.4 Å². The average Bonchev–Trinajstić information content (AvgIpc) is 1.13. The first kappa shape index (κ1) is 78.3. The van der Waals surface area contributed by atoms with Crippen molar-refractivity contribution in [2.24, 2.45) is 23.7 Å². The van der Waals surface area contributed by atoms with E-state index in [1.54, 1.807) is 30.0 Å². The first-order chi connectivity index (χ1) is 50.8. The van der Waals surface area contributed by atoms with Gasteiger partial charge in [0.25, 0.3) is 5.91 Å². The van der Waals surface area contributed by atoms with Gasteiger partial charge in [-0.15, -0.1) is 10.2 Å². The van der Waals surface area contributed by atoms with Crippen molar-refractivity contribution in [1.29, 1.82) is 0 Å². The van der Waals surface area contributed by atoms with E-state index in [1.165, 1.54) is 19.1 Å². The number of hydrogen-bond donors (Lipinski definition) is 11. The summed E-state index contributed by atoms with van der Waals surface area (Å²) < 4.78 is 138. The van der Waals surface area contributed by atoms with Crippen molar-refractivity contribution in [2.45, 2.75) is 213 Å². The van der Waals surface area contributed by atoms with E-state index in [-0.39, 0.29) is 85.1 Å². The van der Waals surface area contributed by atoms with Crippen LogP contribution in [0.4, 0.5) is 26.3 Å². The number of nitrogens with zero attached hydrogens (tertiary/aromatic N) is 7. The van der Waals surface area contributed by atoms with Crippen molar-refractivity contribution in [2.75, 3.05) is 39.4 Å². The number of aliphatic hydroxyl groups is 9. The van der Waals surface area contributed by atoms with Crippen molar-refractivity contribution in [3.63, 3.8) is 0 Å². The van der Waals surface area contributed by atoms with E-state index in [9.17, 15) is 91.5 Å². The van der Waals surface area contributed by atoms with E-state index in [0.717, 1.165) is 60.3 Å². The Bertz CT molecular complexity index is 3800. The number of hydrogen-bond acceptors (Lipinski definition) is 25. The predicted molar refractivity (Wildman–Crippen MR) is 349 cm³/mol. The molecule has 3 aromatic carbocycles. The maximum Gasteiger partial charge on any atom is 0.338 e. The smallest absolute Gasteiger partial charge is 0.338 e. The molecule has 3 amide bonds. The standard InChI is InChI=1S/C70H87F6N9O21/c1-31-18-37(26-47(61(31)106-69-60(94)59(93)54(88)32(2)99-69)102-70-63(105-67(98)34-12-7-4-8-13-34)62(57(91)50(30-87)104-70)100-48(66(97)83-16-9-17-83)19-33-10-5-3-6-11-33)64(95)77-14-15-78-65(96)38-24-45(84-27-43(79-81-84)35-20-39(71)51(75)40(72)21-35)55(89)46(25-38)101-68-58(92)53(56(90)49(29-86)103-68)85-28-44(80-82-85)36-22-41(73)52(76)42(74)23-36/h4,7-8,12-13,20-23,27-28,31-33,37-38,45-50,53-63,68-70,86-94H,3,5-6,9-11,14-19,24-26,29-30H2,1-2H3,(H,77,95)(H,78,96)/t31?,32?,37?,38?,45?,46-,47-,48+,49?,50?,53?,54-,55?,56+,57+,58?,59?,60?,61?,62?,63?,68-,69+,70-/m1/s1. The Morgan fingerprint density at radius 2 is 1.12 bits per heavy atom. The van der Waals surface area contributed by atoms with Crippen LogP contribution in [0, 0.1) is 58.6 Å². The number of nitrogens with one attached hydrogen (secondary N) is 2. The molecule has 580 valence electrons. The van der Waals surface area contributed by atoms with Gasteiger partial charge < -0.3 is 99.4 Å². The minimum absolute atomic E-state index is 0.0497. The lowest BCUT2D eigenvalue weighted by Crippen LogP contribution is -2.64. The Morgan fingerprint density at radius 1 is 0.575 bits per heavy atom. The third kappa shape index (κ3) is 17.1.